The van der Waals surface area contributed by atoms with Crippen molar-refractivity contribution >= 4 is 11.6 Å². The Labute approximate surface area is 110 Å². The fourth-order valence-electron chi connectivity index (χ4n) is 2.50. The van der Waals surface area contributed by atoms with Gasteiger partial charge >= 0.3 is 0 Å². The predicted molar refractivity (Wildman–Crippen MR) is 69.0 cm³/mol. The summed E-state index contributed by atoms with van der Waals surface area (Å²) < 4.78 is 0. The maximum atomic E-state index is 12.4. The Kier molecular flexibility index (Phi) is 3.80. The summed E-state index contributed by atoms with van der Waals surface area (Å²) in [6.45, 7) is 2.10. The molecule has 1 aliphatic rings. The molecule has 1 atom stereocenters. The van der Waals surface area contributed by atoms with E-state index >= 15 is 0 Å². The summed E-state index contributed by atoms with van der Waals surface area (Å²) >= 11 is 0. The van der Waals surface area contributed by atoms with Crippen LogP contribution in [-0.2, 0) is 0 Å². The van der Waals surface area contributed by atoms with Crippen LogP contribution in [0.4, 0.5) is 5.69 Å². The first-order chi connectivity index (χ1) is 9.06. The van der Waals surface area contributed by atoms with Crippen LogP contribution >= 0.6 is 0 Å². The number of amides is 1. The van der Waals surface area contributed by atoms with Gasteiger partial charge in [-0.3, -0.25) is 14.9 Å². The predicted octanol–water partition coefficient (Wildman–Crippen LogP) is 1.50. The molecule has 1 heterocycles. The summed E-state index contributed by atoms with van der Waals surface area (Å²) in [5, 5.41) is 20.1. The zero-order valence-corrected chi connectivity index (χ0v) is 10.7. The van der Waals surface area contributed by atoms with E-state index in [9.17, 15) is 20.0 Å². The van der Waals surface area contributed by atoms with Crippen LogP contribution in [0.3, 0.4) is 0 Å². The van der Waals surface area contributed by atoms with E-state index in [1.165, 1.54) is 12.1 Å². The van der Waals surface area contributed by atoms with Gasteiger partial charge in [0.2, 0.25) is 0 Å². The van der Waals surface area contributed by atoms with Gasteiger partial charge in [-0.2, -0.15) is 0 Å². The molecular formula is C13H16N2O4. The van der Waals surface area contributed by atoms with Gasteiger partial charge in [0.05, 0.1) is 17.6 Å². The maximum absolute atomic E-state index is 12.4. The summed E-state index contributed by atoms with van der Waals surface area (Å²) in [4.78, 5) is 24.4. The number of nitrogens with zero attached hydrogens (tertiary/aromatic N) is 2. The Balaban J connectivity index is 2.34. The normalized spacial score (nSPS) is 18.6. The van der Waals surface area contributed by atoms with E-state index in [1.54, 1.807) is 17.9 Å². The number of hydrogen-bond acceptors (Lipinski definition) is 4. The molecule has 6 nitrogen and oxygen atoms in total. The minimum absolute atomic E-state index is 0.0504. The molecule has 0 unspecified atom stereocenters. The summed E-state index contributed by atoms with van der Waals surface area (Å²) in [7, 11) is 0. The van der Waals surface area contributed by atoms with Crippen LogP contribution in [0.15, 0.2) is 18.2 Å². The second-order valence-electron chi connectivity index (χ2n) is 4.68. The van der Waals surface area contributed by atoms with Crippen molar-refractivity contribution in [3.63, 3.8) is 0 Å². The fraction of sp³-hybridized carbons (Fsp3) is 0.462. The van der Waals surface area contributed by atoms with Crippen molar-refractivity contribution in [3.8, 4) is 0 Å². The summed E-state index contributed by atoms with van der Waals surface area (Å²) in [5.41, 5.74) is 0.668. The smallest absolute Gasteiger partial charge is 0.273 e. The van der Waals surface area contributed by atoms with Gasteiger partial charge in [0.1, 0.15) is 0 Å². The zero-order chi connectivity index (χ0) is 14.0. The Hall–Kier alpha value is -1.95. The molecule has 1 saturated heterocycles. The third-order valence-corrected chi connectivity index (χ3v) is 3.58. The number of likely N-dealkylation sites (tertiary alicyclic amines) is 1. The molecule has 6 heteroatoms. The van der Waals surface area contributed by atoms with Crippen molar-refractivity contribution in [2.75, 3.05) is 13.2 Å². The fourth-order valence-corrected chi connectivity index (χ4v) is 2.50. The highest BCUT2D eigenvalue weighted by molar-refractivity contribution is 5.97. The molecule has 0 aromatic heterocycles. The lowest BCUT2D eigenvalue weighted by atomic mass is 10.1. The maximum Gasteiger partial charge on any atom is 0.273 e. The minimum Gasteiger partial charge on any atom is -0.394 e. The van der Waals surface area contributed by atoms with Gasteiger partial charge in [-0.05, 0) is 25.8 Å². The molecule has 2 rings (SSSR count). The van der Waals surface area contributed by atoms with E-state index < -0.39 is 4.92 Å². The van der Waals surface area contributed by atoms with E-state index in [2.05, 4.69) is 0 Å². The summed E-state index contributed by atoms with van der Waals surface area (Å²) in [6.07, 6.45) is 1.63. The Morgan fingerprint density at radius 3 is 2.95 bits per heavy atom. The molecule has 1 fully saturated rings. The number of nitro groups is 1. The van der Waals surface area contributed by atoms with Crippen LogP contribution in [0.25, 0.3) is 0 Å². The molecule has 0 bridgehead atoms. The van der Waals surface area contributed by atoms with Gasteiger partial charge in [0, 0.05) is 23.7 Å². The van der Waals surface area contributed by atoms with E-state index in [4.69, 9.17) is 0 Å². The molecule has 19 heavy (non-hydrogen) atoms. The molecule has 0 aliphatic carbocycles. The molecular weight excluding hydrogens is 248 g/mol. The Morgan fingerprint density at radius 2 is 2.32 bits per heavy atom. The monoisotopic (exact) mass is 264 g/mol. The Bertz CT molecular complexity index is 515. The number of rotatable bonds is 3. The van der Waals surface area contributed by atoms with E-state index in [0.29, 0.717) is 17.7 Å². The lowest BCUT2D eigenvalue weighted by Gasteiger charge is -2.23. The van der Waals surface area contributed by atoms with E-state index in [1.807, 2.05) is 0 Å². The number of aliphatic hydroxyl groups is 1. The lowest BCUT2D eigenvalue weighted by molar-refractivity contribution is -0.385. The van der Waals surface area contributed by atoms with Crippen LogP contribution in [0, 0.1) is 17.0 Å². The van der Waals surface area contributed by atoms with Gasteiger partial charge in [-0.15, -0.1) is 0 Å². The van der Waals surface area contributed by atoms with Crippen molar-refractivity contribution < 1.29 is 14.8 Å². The number of aliphatic hydroxyl groups excluding tert-OH is 1. The van der Waals surface area contributed by atoms with Crippen LogP contribution < -0.4 is 0 Å². The summed E-state index contributed by atoms with van der Waals surface area (Å²) in [5.74, 6) is -0.238. The lowest BCUT2D eigenvalue weighted by Crippen LogP contribution is -2.38. The van der Waals surface area contributed by atoms with Crippen molar-refractivity contribution in [2.24, 2.45) is 0 Å². The van der Waals surface area contributed by atoms with Gasteiger partial charge in [-0.25, -0.2) is 0 Å². The third-order valence-electron chi connectivity index (χ3n) is 3.58. The molecule has 0 spiro atoms. The molecule has 1 aliphatic heterocycles. The first kappa shape index (κ1) is 13.5. The van der Waals surface area contributed by atoms with Crippen molar-refractivity contribution in [2.45, 2.75) is 25.8 Å². The van der Waals surface area contributed by atoms with Crippen molar-refractivity contribution in [1.82, 2.24) is 4.90 Å². The quantitative estimate of drug-likeness (QED) is 0.662. The number of benzene rings is 1. The average Bonchev–Trinajstić information content (AvgIpc) is 2.86. The SMILES string of the molecule is Cc1c(C(=O)N2CCC[C@@H]2CO)cccc1[N+](=O)[O-]. The van der Waals surface area contributed by atoms with Crippen LogP contribution in [0.5, 0.6) is 0 Å². The second-order valence-corrected chi connectivity index (χ2v) is 4.68. The molecule has 1 N–H and O–H groups in total. The van der Waals surface area contributed by atoms with Crippen molar-refractivity contribution in [3.05, 3.63) is 39.4 Å². The van der Waals surface area contributed by atoms with Crippen LogP contribution in [-0.4, -0.2) is 40.0 Å². The van der Waals surface area contributed by atoms with Crippen LogP contribution in [0.1, 0.15) is 28.8 Å². The highest BCUT2D eigenvalue weighted by Gasteiger charge is 2.30. The van der Waals surface area contributed by atoms with Crippen LogP contribution in [0.2, 0.25) is 0 Å². The highest BCUT2D eigenvalue weighted by atomic mass is 16.6. The molecule has 1 aromatic rings. The number of nitro benzene ring substituents is 1. The topological polar surface area (TPSA) is 83.7 Å². The first-order valence-electron chi connectivity index (χ1n) is 6.22. The molecule has 1 aromatic carbocycles. The molecule has 1 amide bonds. The standard InChI is InChI=1S/C13H16N2O4/c1-9-11(5-2-6-12(9)15(18)19)13(17)14-7-3-4-10(14)8-16/h2,5-6,10,16H,3-4,7-8H2,1H3/t10-/m1/s1. The van der Waals surface area contributed by atoms with E-state index in [-0.39, 0.29) is 24.2 Å². The largest absolute Gasteiger partial charge is 0.394 e. The average molecular weight is 264 g/mol. The first-order valence-corrected chi connectivity index (χ1v) is 6.22. The van der Waals surface area contributed by atoms with Gasteiger partial charge in [0.15, 0.2) is 0 Å². The number of hydrogen-bond donors (Lipinski definition) is 1. The van der Waals surface area contributed by atoms with Gasteiger partial charge in [-0.1, -0.05) is 6.07 Å². The highest BCUT2D eigenvalue weighted by Crippen LogP contribution is 2.25. The number of carbonyl (C=O) groups excluding carboxylic acids is 1. The number of carbonyl (C=O) groups is 1. The minimum atomic E-state index is -0.486. The zero-order valence-electron chi connectivity index (χ0n) is 10.7. The molecule has 0 saturated carbocycles. The van der Waals surface area contributed by atoms with Gasteiger partial charge < -0.3 is 10.0 Å². The summed E-state index contributed by atoms with van der Waals surface area (Å²) in [6, 6.07) is 4.32. The van der Waals surface area contributed by atoms with Crippen molar-refractivity contribution in [1.29, 1.82) is 0 Å². The Morgan fingerprint density at radius 1 is 1.58 bits per heavy atom. The van der Waals surface area contributed by atoms with Gasteiger partial charge in [0.25, 0.3) is 11.6 Å². The third kappa shape index (κ3) is 2.44. The molecule has 102 valence electrons. The molecule has 0 radical (unpaired) electrons. The second kappa shape index (κ2) is 5.36. The van der Waals surface area contributed by atoms with E-state index in [0.717, 1.165) is 12.8 Å².